The van der Waals surface area contributed by atoms with E-state index < -0.39 is 17.6 Å². The monoisotopic (exact) mass is 614 g/mol. The van der Waals surface area contributed by atoms with Gasteiger partial charge in [-0.05, 0) is 48.5 Å². The summed E-state index contributed by atoms with van der Waals surface area (Å²) in [5.74, 6) is 0.289. The molecule has 2 N–H and O–H groups in total. The molecule has 1 saturated heterocycles. The minimum Gasteiger partial charge on any atom is -0.490 e. The van der Waals surface area contributed by atoms with Crippen LogP contribution in [0.5, 0.6) is 5.75 Å². The summed E-state index contributed by atoms with van der Waals surface area (Å²) >= 11 is 2.32. The molecule has 4 aromatic rings. The van der Waals surface area contributed by atoms with Crippen LogP contribution in [0.25, 0.3) is 0 Å². The lowest BCUT2D eigenvalue weighted by Gasteiger charge is -2.29. The number of esters is 1. The van der Waals surface area contributed by atoms with Crippen LogP contribution in [-0.2, 0) is 15.2 Å². The number of morpholine rings is 1. The molecule has 42 heavy (non-hydrogen) atoms. The quantitative estimate of drug-likeness (QED) is 0.132. The second kappa shape index (κ2) is 13.4. The number of carbonyl (C=O) groups is 1. The average Bonchev–Trinajstić information content (AvgIpc) is 3.41. The topological polar surface area (TPSA) is 114 Å². The number of thioether (sulfide) groups is 1. The summed E-state index contributed by atoms with van der Waals surface area (Å²) in [5.41, 5.74) is 1.05. The highest BCUT2D eigenvalue weighted by molar-refractivity contribution is 7.99. The maximum Gasteiger partial charge on any atom is 0.340 e. The molecule has 0 radical (unpaired) electrons. The van der Waals surface area contributed by atoms with E-state index in [9.17, 15) is 9.18 Å². The first-order valence-corrected chi connectivity index (χ1v) is 14.7. The van der Waals surface area contributed by atoms with Crippen molar-refractivity contribution in [3.63, 3.8) is 0 Å². The van der Waals surface area contributed by atoms with E-state index in [4.69, 9.17) is 14.5 Å². The van der Waals surface area contributed by atoms with Crippen molar-refractivity contribution < 1.29 is 27.8 Å². The summed E-state index contributed by atoms with van der Waals surface area (Å²) in [7, 11) is 2.74. The van der Waals surface area contributed by atoms with Gasteiger partial charge in [0.2, 0.25) is 5.75 Å². The third kappa shape index (κ3) is 6.77. The van der Waals surface area contributed by atoms with Gasteiger partial charge in [0.1, 0.15) is 11.6 Å². The molecule has 2 aromatic heterocycles. The molecule has 14 heteroatoms. The molecule has 1 aliphatic rings. The summed E-state index contributed by atoms with van der Waals surface area (Å²) in [6.07, 6.45) is 0. The van der Waals surface area contributed by atoms with Crippen molar-refractivity contribution in [3.8, 4) is 5.75 Å². The first-order valence-electron chi connectivity index (χ1n) is 12.9. The number of aryl methyl sites for hydroxylation is 1. The Labute approximate surface area is 249 Å². The normalized spacial score (nSPS) is 13.2. The van der Waals surface area contributed by atoms with Crippen molar-refractivity contribution in [2.75, 3.05) is 50.7 Å². The molecule has 0 aliphatic carbocycles. The van der Waals surface area contributed by atoms with Gasteiger partial charge in [-0.3, -0.25) is 5.10 Å². The van der Waals surface area contributed by atoms with Gasteiger partial charge in [0, 0.05) is 35.5 Å². The van der Waals surface area contributed by atoms with E-state index in [0.29, 0.717) is 70.0 Å². The van der Waals surface area contributed by atoms with Gasteiger partial charge in [0.15, 0.2) is 22.6 Å². The summed E-state index contributed by atoms with van der Waals surface area (Å²) in [4.78, 5) is 24.1. The Morgan fingerprint density at radius 1 is 1.14 bits per heavy atom. The van der Waals surface area contributed by atoms with Crippen LogP contribution < -0.4 is 15.0 Å². The second-order valence-electron chi connectivity index (χ2n) is 9.13. The predicted octanol–water partition coefficient (Wildman–Crippen LogP) is 5.61. The number of halogens is 2. The largest absolute Gasteiger partial charge is 0.490 e. The smallest absolute Gasteiger partial charge is 0.340 e. The Balaban J connectivity index is 1.38. The van der Waals surface area contributed by atoms with Crippen LogP contribution in [0.15, 0.2) is 57.4 Å². The first kappa shape index (κ1) is 29.6. The number of benzene rings is 2. The molecule has 0 atom stereocenters. The minimum atomic E-state index is -0.748. The predicted molar refractivity (Wildman–Crippen MR) is 156 cm³/mol. The van der Waals surface area contributed by atoms with E-state index in [1.54, 1.807) is 31.4 Å². The van der Waals surface area contributed by atoms with E-state index in [2.05, 4.69) is 25.2 Å². The van der Waals surface area contributed by atoms with Gasteiger partial charge < -0.3 is 24.4 Å². The number of hydrogen-bond acceptors (Lipinski definition) is 11. The summed E-state index contributed by atoms with van der Waals surface area (Å²) in [5, 5.41) is 10.6. The number of H-pyrrole nitrogens is 1. The second-order valence-corrected chi connectivity index (χ2v) is 11.2. The van der Waals surface area contributed by atoms with Gasteiger partial charge in [0.25, 0.3) is 0 Å². The van der Waals surface area contributed by atoms with E-state index >= 15 is 4.39 Å². The van der Waals surface area contributed by atoms with E-state index in [1.165, 1.54) is 31.0 Å². The Morgan fingerprint density at radius 2 is 1.95 bits per heavy atom. The van der Waals surface area contributed by atoms with Crippen molar-refractivity contribution in [2.45, 2.75) is 27.6 Å². The average molecular weight is 615 g/mol. The lowest BCUT2D eigenvalue weighted by molar-refractivity contribution is 0.0595. The summed E-state index contributed by atoms with van der Waals surface area (Å²) in [6.45, 7) is 4.20. The van der Waals surface area contributed by atoms with Crippen LogP contribution in [-0.4, -0.2) is 66.7 Å². The third-order valence-corrected chi connectivity index (χ3v) is 8.24. The fourth-order valence-corrected chi connectivity index (χ4v) is 5.86. The molecule has 0 unspecified atom stereocenters. The van der Waals surface area contributed by atoms with E-state index in [-0.39, 0.29) is 11.3 Å². The lowest BCUT2D eigenvalue weighted by Crippen LogP contribution is -2.37. The van der Waals surface area contributed by atoms with Gasteiger partial charge in [-0.1, -0.05) is 12.1 Å². The highest BCUT2D eigenvalue weighted by Crippen LogP contribution is 2.39. The Kier molecular flexibility index (Phi) is 9.45. The van der Waals surface area contributed by atoms with Crippen molar-refractivity contribution >= 4 is 46.9 Å². The van der Waals surface area contributed by atoms with Crippen molar-refractivity contribution in [1.29, 1.82) is 0 Å². The Morgan fingerprint density at radius 3 is 2.64 bits per heavy atom. The van der Waals surface area contributed by atoms with Crippen LogP contribution in [0.2, 0.25) is 0 Å². The Bertz CT molecular complexity index is 1580. The van der Waals surface area contributed by atoms with Crippen molar-refractivity contribution in [3.05, 3.63) is 70.9 Å². The van der Waals surface area contributed by atoms with E-state index in [0.717, 1.165) is 17.5 Å². The number of anilines is 3. The summed E-state index contributed by atoms with van der Waals surface area (Å²) in [6, 6.07) is 11.1. The zero-order valence-electron chi connectivity index (χ0n) is 23.1. The molecule has 1 fully saturated rings. The van der Waals surface area contributed by atoms with Gasteiger partial charge >= 0.3 is 5.97 Å². The molecule has 1 aliphatic heterocycles. The molecule has 220 valence electrons. The van der Waals surface area contributed by atoms with Crippen LogP contribution in [0, 0.1) is 18.6 Å². The van der Waals surface area contributed by atoms with E-state index in [1.807, 2.05) is 17.9 Å². The van der Waals surface area contributed by atoms with Crippen molar-refractivity contribution in [1.82, 2.24) is 20.2 Å². The number of rotatable bonds is 10. The van der Waals surface area contributed by atoms with Crippen LogP contribution >= 0.6 is 23.5 Å². The van der Waals surface area contributed by atoms with Gasteiger partial charge in [0.05, 0.1) is 37.9 Å². The molecule has 10 nitrogen and oxygen atoms in total. The zero-order chi connectivity index (χ0) is 29.6. The fraction of sp³-hybridized carbons (Fsp3) is 0.286. The maximum absolute atomic E-state index is 15.3. The molecule has 0 amide bonds. The number of nitrogens with zero attached hydrogens (tertiary/aromatic N) is 4. The molecule has 5 rings (SSSR count). The molecule has 2 aromatic carbocycles. The van der Waals surface area contributed by atoms with Gasteiger partial charge in [-0.2, -0.15) is 5.10 Å². The molecular formula is C28H28F2N6O4S2. The van der Waals surface area contributed by atoms with Crippen molar-refractivity contribution in [2.24, 2.45) is 0 Å². The number of ether oxygens (including phenoxy) is 3. The van der Waals surface area contributed by atoms with Crippen LogP contribution in [0.1, 0.15) is 21.6 Å². The first-order chi connectivity index (χ1) is 20.4. The third-order valence-electron chi connectivity index (χ3n) is 6.28. The van der Waals surface area contributed by atoms with Crippen LogP contribution in [0.4, 0.5) is 26.2 Å². The molecule has 0 saturated carbocycles. The number of aromatic amines is 1. The lowest BCUT2D eigenvalue weighted by atomic mass is 10.1. The summed E-state index contributed by atoms with van der Waals surface area (Å²) < 4.78 is 45.9. The number of nitrogens with one attached hydrogen (secondary N) is 2. The minimum absolute atomic E-state index is 0.138. The maximum atomic E-state index is 15.3. The number of aromatic nitrogens is 4. The fourth-order valence-electron chi connectivity index (χ4n) is 4.20. The Hall–Kier alpha value is -3.88. The number of hydrogen-bond donors (Lipinski definition) is 2. The number of methoxy groups -OCH3 is 2. The van der Waals surface area contributed by atoms with Gasteiger partial charge in [-0.25, -0.2) is 23.5 Å². The highest BCUT2D eigenvalue weighted by Gasteiger charge is 2.24. The SMILES string of the molecule is COC(=O)c1cccc(CSc2ccc(Sc3nc(Nc4cc(C)[nH]n4)c(OC)c(N4CCOCC4)n3)c(F)c2)c1F. The molecular weight excluding hydrogens is 586 g/mol. The number of carbonyl (C=O) groups excluding carboxylic acids is 1. The molecule has 0 spiro atoms. The highest BCUT2D eigenvalue weighted by atomic mass is 32.2. The molecule has 3 heterocycles. The zero-order valence-corrected chi connectivity index (χ0v) is 24.7. The molecule has 0 bridgehead atoms. The van der Waals surface area contributed by atoms with Gasteiger partial charge in [-0.15, -0.1) is 11.8 Å². The van der Waals surface area contributed by atoms with Crippen LogP contribution in [0.3, 0.4) is 0 Å². The standard InChI is InChI=1S/C28H28F2N6O4S2/c1-16-13-22(35-34-16)31-25-24(38-2)26(36-9-11-40-12-10-36)33-28(32-25)42-21-8-7-18(14-20(21)29)41-15-17-5-4-6-19(23(17)30)27(37)39-3/h4-8,13-14H,9-12,15H2,1-3H3,(H2,31,32,33,34,35).